The maximum atomic E-state index is 7.17. The SMILES string of the molecule is OB(O)O.[Be+2].[H-].[H-].[H-].[Li+]. The van der Waals surface area contributed by atoms with Crippen LogP contribution in [-0.4, -0.2) is 32.5 Å². The minimum Gasteiger partial charge on any atom is -1.00 e. The van der Waals surface area contributed by atoms with Gasteiger partial charge in [-0.2, -0.15) is 0 Å². The van der Waals surface area contributed by atoms with E-state index in [0.717, 1.165) is 0 Å². The van der Waals surface area contributed by atoms with E-state index >= 15 is 0 Å². The Bertz CT molecular complexity index is 23.8. The van der Waals surface area contributed by atoms with Gasteiger partial charge < -0.3 is 19.4 Å². The largest absolute Gasteiger partial charge is 2.00 e. The fourth-order valence-electron chi connectivity index (χ4n) is 0. The molecule has 6 heavy (non-hydrogen) atoms. The molecule has 0 bridgehead atoms. The summed E-state index contributed by atoms with van der Waals surface area (Å²) in [7, 11) is -2.17. The normalized spacial score (nSPS) is 4.50. The van der Waals surface area contributed by atoms with Crippen LogP contribution in [0.4, 0.5) is 0 Å². The van der Waals surface area contributed by atoms with Crippen molar-refractivity contribution < 1.29 is 38.2 Å². The van der Waals surface area contributed by atoms with Crippen LogP contribution < -0.4 is 18.9 Å². The molecule has 0 fully saturated rings. The van der Waals surface area contributed by atoms with Crippen molar-refractivity contribution in [1.29, 1.82) is 0 Å². The zero-order valence-electron chi connectivity index (χ0n) is 6.63. The third-order valence-electron chi connectivity index (χ3n) is 0. The van der Waals surface area contributed by atoms with Crippen LogP contribution in [-0.2, 0) is 0 Å². The van der Waals surface area contributed by atoms with Gasteiger partial charge in [0.1, 0.15) is 0 Å². The Morgan fingerprint density at radius 3 is 1.17 bits per heavy atom. The average molecular weight is 80.8 g/mol. The second kappa shape index (κ2) is 9.20. The molecule has 0 heterocycles. The van der Waals surface area contributed by atoms with Crippen molar-refractivity contribution in [2.75, 3.05) is 0 Å². The molecule has 30 valence electrons. The van der Waals surface area contributed by atoms with Crippen LogP contribution in [0.5, 0.6) is 0 Å². The molecule has 0 amide bonds. The van der Waals surface area contributed by atoms with Gasteiger partial charge in [-0.1, -0.05) is 0 Å². The third-order valence-corrected chi connectivity index (χ3v) is 0. The Kier molecular flexibility index (Phi) is 24.4. The fraction of sp³-hybridized carbons (Fsp3) is 0. The second-order valence-electron chi connectivity index (χ2n) is 0.346. The van der Waals surface area contributed by atoms with Crippen LogP contribution in [0.15, 0.2) is 0 Å². The van der Waals surface area contributed by atoms with Crippen molar-refractivity contribution >= 4 is 17.4 Å². The molecule has 0 unspecified atom stereocenters. The van der Waals surface area contributed by atoms with Crippen LogP contribution in [0.25, 0.3) is 0 Å². The number of hydrogen-bond acceptors (Lipinski definition) is 3. The zero-order chi connectivity index (χ0) is 3.58. The monoisotopic (exact) mass is 81.1 g/mol. The first-order chi connectivity index (χ1) is 1.73. The second-order valence-corrected chi connectivity index (χ2v) is 0.346. The van der Waals surface area contributed by atoms with E-state index in [1.54, 1.807) is 0 Å². The van der Waals surface area contributed by atoms with E-state index in [4.69, 9.17) is 15.1 Å². The van der Waals surface area contributed by atoms with Gasteiger partial charge in [-0.15, -0.1) is 0 Å². The fourth-order valence-corrected chi connectivity index (χ4v) is 0. The molecular formula is H6BBeLiO3. The van der Waals surface area contributed by atoms with Gasteiger partial charge in [-0.3, -0.25) is 0 Å². The van der Waals surface area contributed by atoms with Crippen LogP contribution in [0.1, 0.15) is 4.28 Å². The summed E-state index contributed by atoms with van der Waals surface area (Å²) in [6, 6.07) is 0. The molecule has 0 saturated heterocycles. The van der Waals surface area contributed by atoms with Crippen molar-refractivity contribution in [3.63, 3.8) is 0 Å². The van der Waals surface area contributed by atoms with E-state index in [2.05, 4.69) is 0 Å². The summed E-state index contributed by atoms with van der Waals surface area (Å²) in [6.45, 7) is 0. The summed E-state index contributed by atoms with van der Waals surface area (Å²) >= 11 is 0. The maximum absolute atomic E-state index is 7.17. The minimum atomic E-state index is -2.17. The quantitative estimate of drug-likeness (QED) is 0.255. The summed E-state index contributed by atoms with van der Waals surface area (Å²) in [5.41, 5.74) is 0. The van der Waals surface area contributed by atoms with Gasteiger partial charge in [0.2, 0.25) is 0 Å². The van der Waals surface area contributed by atoms with E-state index in [1.807, 2.05) is 0 Å². The van der Waals surface area contributed by atoms with E-state index < -0.39 is 7.32 Å². The molecule has 0 aromatic rings. The van der Waals surface area contributed by atoms with Crippen LogP contribution >= 0.6 is 0 Å². The third kappa shape index (κ3) is 128. The molecule has 0 aromatic heterocycles. The number of hydrogen-bond donors (Lipinski definition) is 3. The van der Waals surface area contributed by atoms with Gasteiger partial charge >= 0.3 is 36.3 Å². The summed E-state index contributed by atoms with van der Waals surface area (Å²) < 4.78 is 0. The molecule has 0 atom stereocenters. The van der Waals surface area contributed by atoms with E-state index in [9.17, 15) is 0 Å². The Morgan fingerprint density at radius 1 is 1.17 bits per heavy atom. The molecule has 0 saturated carbocycles. The molecule has 6 heteroatoms. The first-order valence-electron chi connectivity index (χ1n) is 0.775. The van der Waals surface area contributed by atoms with Gasteiger partial charge in [-0.25, -0.2) is 0 Å². The van der Waals surface area contributed by atoms with Crippen molar-refractivity contribution in [3.05, 3.63) is 0 Å². The first kappa shape index (κ1) is 15.9. The van der Waals surface area contributed by atoms with Gasteiger partial charge in [0, 0.05) is 0 Å². The Morgan fingerprint density at radius 2 is 1.17 bits per heavy atom. The topological polar surface area (TPSA) is 60.7 Å². The molecule has 0 spiro atoms. The standard InChI is InChI=1S/BH3O3.Be.Li.3H/c2-1(3)4;;;;;/h2-4H;;;;;/q;+2;+1;3*-1. The minimum absolute atomic E-state index is 0. The summed E-state index contributed by atoms with van der Waals surface area (Å²) in [4.78, 5) is 0. The molecule has 0 aliphatic rings. The molecule has 0 rings (SSSR count). The van der Waals surface area contributed by atoms with Crippen molar-refractivity contribution in [2.45, 2.75) is 0 Å². The van der Waals surface area contributed by atoms with E-state index in [-0.39, 0.29) is 33.3 Å². The van der Waals surface area contributed by atoms with Gasteiger partial charge in [0.05, 0.1) is 0 Å². The number of rotatable bonds is 0. The molecular weight excluding hydrogens is 74.8 g/mol. The van der Waals surface area contributed by atoms with Crippen molar-refractivity contribution in [2.24, 2.45) is 0 Å². The van der Waals surface area contributed by atoms with E-state index in [1.165, 1.54) is 0 Å². The van der Waals surface area contributed by atoms with Crippen LogP contribution in [0.2, 0.25) is 0 Å². The molecule has 3 N–H and O–H groups in total. The van der Waals surface area contributed by atoms with Crippen molar-refractivity contribution in [1.82, 2.24) is 0 Å². The van der Waals surface area contributed by atoms with Crippen LogP contribution in [0, 0.1) is 0 Å². The molecule has 0 aliphatic carbocycles. The summed E-state index contributed by atoms with van der Waals surface area (Å²) in [5, 5.41) is 21.5. The summed E-state index contributed by atoms with van der Waals surface area (Å²) in [5.74, 6) is 0. The Balaban J connectivity index is -0.00000000450. The molecule has 0 radical (unpaired) electrons. The predicted octanol–water partition coefficient (Wildman–Crippen LogP) is -5.09. The smallest absolute Gasteiger partial charge is 1.00 e. The van der Waals surface area contributed by atoms with Crippen LogP contribution in [0.3, 0.4) is 0 Å². The van der Waals surface area contributed by atoms with Gasteiger partial charge in [0.15, 0.2) is 0 Å². The zero-order valence-corrected chi connectivity index (χ0v) is 3.63. The first-order valence-corrected chi connectivity index (χ1v) is 0.775. The van der Waals surface area contributed by atoms with E-state index in [0.29, 0.717) is 0 Å². The summed E-state index contributed by atoms with van der Waals surface area (Å²) in [6.07, 6.45) is 0. The van der Waals surface area contributed by atoms with Crippen molar-refractivity contribution in [3.8, 4) is 0 Å². The average Bonchev–Trinajstić information content (AvgIpc) is 0.811. The van der Waals surface area contributed by atoms with Gasteiger partial charge in [-0.05, 0) is 0 Å². The predicted molar refractivity (Wildman–Crippen MR) is 21.5 cm³/mol. The maximum Gasteiger partial charge on any atom is 2.00 e. The van der Waals surface area contributed by atoms with Gasteiger partial charge in [0.25, 0.3) is 0 Å². The Hall–Kier alpha value is 0.711. The molecule has 3 nitrogen and oxygen atoms in total. The Labute approximate surface area is 56.4 Å². The molecule has 0 aliphatic heterocycles. The molecule has 0 aromatic carbocycles.